The fourth-order valence-electron chi connectivity index (χ4n) is 2.25. The molecule has 1 N–H and O–H groups in total. The van der Waals surface area contributed by atoms with Crippen molar-refractivity contribution in [3.05, 3.63) is 46.2 Å². The number of halogens is 1. The van der Waals surface area contributed by atoms with Gasteiger partial charge in [0, 0.05) is 30.7 Å². The molecule has 1 fully saturated rings. The third-order valence-electron chi connectivity index (χ3n) is 3.49. The molecule has 1 aromatic heterocycles. The minimum Gasteiger partial charge on any atom is -0.368 e. The van der Waals surface area contributed by atoms with Gasteiger partial charge in [-0.2, -0.15) is 0 Å². The minimum atomic E-state index is -0.177. The summed E-state index contributed by atoms with van der Waals surface area (Å²) in [6.07, 6.45) is 2.47. The van der Waals surface area contributed by atoms with Crippen LogP contribution < -0.4 is 10.2 Å². The van der Waals surface area contributed by atoms with Gasteiger partial charge in [0.25, 0.3) is 0 Å². The van der Waals surface area contributed by atoms with Crippen LogP contribution in [0, 0.1) is 5.82 Å². The van der Waals surface area contributed by atoms with Crippen molar-refractivity contribution in [3.63, 3.8) is 0 Å². The first-order chi connectivity index (χ1) is 9.72. The van der Waals surface area contributed by atoms with Crippen molar-refractivity contribution in [3.8, 4) is 0 Å². The highest BCUT2D eigenvalue weighted by Crippen LogP contribution is 2.25. The van der Waals surface area contributed by atoms with Gasteiger partial charge in [-0.25, -0.2) is 9.37 Å². The number of aromatic nitrogens is 1. The molecule has 0 spiro atoms. The Balaban J connectivity index is 1.75. The molecule has 0 aliphatic heterocycles. The van der Waals surface area contributed by atoms with E-state index in [4.69, 9.17) is 0 Å². The first-order valence-electron chi connectivity index (χ1n) is 6.82. The van der Waals surface area contributed by atoms with E-state index in [1.54, 1.807) is 17.4 Å². The largest absolute Gasteiger partial charge is 0.368 e. The number of hydrogen-bond acceptors (Lipinski definition) is 4. The Labute approximate surface area is 122 Å². The van der Waals surface area contributed by atoms with Crippen LogP contribution in [0.15, 0.2) is 29.1 Å². The number of anilines is 1. The third-order valence-corrected chi connectivity index (χ3v) is 4.13. The Kier molecular flexibility index (Phi) is 3.98. The van der Waals surface area contributed by atoms with Crippen molar-refractivity contribution in [1.29, 1.82) is 0 Å². The van der Waals surface area contributed by atoms with Crippen LogP contribution in [0.3, 0.4) is 0 Å². The molecular formula is C15H18FN3S. The maximum Gasteiger partial charge on any atom is 0.123 e. The molecule has 1 heterocycles. The number of rotatable bonds is 6. The second-order valence-electron chi connectivity index (χ2n) is 5.26. The molecule has 0 saturated heterocycles. The highest BCUT2D eigenvalue weighted by Gasteiger charge is 2.21. The van der Waals surface area contributed by atoms with Crippen molar-refractivity contribution in [2.45, 2.75) is 32.0 Å². The average molecular weight is 291 g/mol. The van der Waals surface area contributed by atoms with E-state index in [9.17, 15) is 4.39 Å². The molecule has 0 bridgehead atoms. The zero-order chi connectivity index (χ0) is 13.9. The van der Waals surface area contributed by atoms with Crippen LogP contribution in [0.25, 0.3) is 0 Å². The smallest absolute Gasteiger partial charge is 0.123 e. The lowest BCUT2D eigenvalue weighted by Gasteiger charge is -2.22. The lowest BCUT2D eigenvalue weighted by atomic mass is 10.1. The van der Waals surface area contributed by atoms with Crippen LogP contribution in [0.4, 0.5) is 10.1 Å². The molecule has 3 nitrogen and oxygen atoms in total. The highest BCUT2D eigenvalue weighted by molar-refractivity contribution is 7.07. The normalized spacial score (nSPS) is 14.5. The Hall–Kier alpha value is -1.46. The number of nitrogens with zero attached hydrogens (tertiary/aromatic N) is 2. The maximum atomic E-state index is 13.5. The van der Waals surface area contributed by atoms with E-state index in [1.165, 1.54) is 18.9 Å². The summed E-state index contributed by atoms with van der Waals surface area (Å²) in [7, 11) is 2.02. The van der Waals surface area contributed by atoms with Crippen LogP contribution in [-0.2, 0) is 13.1 Å². The number of thiazole rings is 1. The molecule has 1 aliphatic carbocycles. The SMILES string of the molecule is CN(Cc1cscn1)c1ccc(F)cc1CNC1CC1. The summed E-state index contributed by atoms with van der Waals surface area (Å²) in [4.78, 5) is 6.42. The topological polar surface area (TPSA) is 28.2 Å². The van der Waals surface area contributed by atoms with Gasteiger partial charge in [0.2, 0.25) is 0 Å². The number of hydrogen-bond donors (Lipinski definition) is 1. The average Bonchev–Trinajstić information content (AvgIpc) is 3.13. The molecule has 20 heavy (non-hydrogen) atoms. The predicted octanol–water partition coefficient (Wildman–Crippen LogP) is 3.17. The van der Waals surface area contributed by atoms with E-state index in [0.717, 1.165) is 30.0 Å². The van der Waals surface area contributed by atoms with Crippen molar-refractivity contribution in [1.82, 2.24) is 10.3 Å². The molecule has 2 aromatic rings. The first-order valence-corrected chi connectivity index (χ1v) is 7.76. The van der Waals surface area contributed by atoms with Gasteiger partial charge in [0.1, 0.15) is 5.82 Å². The zero-order valence-electron chi connectivity index (χ0n) is 11.5. The lowest BCUT2D eigenvalue weighted by Crippen LogP contribution is -2.22. The predicted molar refractivity (Wildman–Crippen MR) is 80.5 cm³/mol. The van der Waals surface area contributed by atoms with Gasteiger partial charge in [-0.3, -0.25) is 0 Å². The summed E-state index contributed by atoms with van der Waals surface area (Å²) in [6.45, 7) is 1.46. The van der Waals surface area contributed by atoms with Crippen molar-refractivity contribution in [2.75, 3.05) is 11.9 Å². The Morgan fingerprint density at radius 2 is 2.30 bits per heavy atom. The minimum absolute atomic E-state index is 0.177. The highest BCUT2D eigenvalue weighted by atomic mass is 32.1. The van der Waals surface area contributed by atoms with Gasteiger partial charge in [0.05, 0.1) is 17.7 Å². The molecule has 0 atom stereocenters. The van der Waals surface area contributed by atoms with Crippen molar-refractivity contribution in [2.24, 2.45) is 0 Å². The van der Waals surface area contributed by atoms with Gasteiger partial charge >= 0.3 is 0 Å². The third kappa shape index (κ3) is 3.35. The molecule has 1 aromatic carbocycles. The first kappa shape index (κ1) is 13.5. The van der Waals surface area contributed by atoms with E-state index >= 15 is 0 Å². The Morgan fingerprint density at radius 3 is 3.00 bits per heavy atom. The van der Waals surface area contributed by atoms with Crippen molar-refractivity contribution < 1.29 is 4.39 Å². The van der Waals surface area contributed by atoms with Crippen LogP contribution in [-0.4, -0.2) is 18.1 Å². The molecule has 1 saturated carbocycles. The Bertz CT molecular complexity index is 567. The molecule has 0 radical (unpaired) electrons. The van der Waals surface area contributed by atoms with Crippen molar-refractivity contribution >= 4 is 17.0 Å². The number of nitrogens with one attached hydrogen (secondary N) is 1. The van der Waals surface area contributed by atoms with Gasteiger partial charge < -0.3 is 10.2 Å². The van der Waals surface area contributed by atoms with Gasteiger partial charge in [-0.05, 0) is 36.6 Å². The molecule has 0 unspecified atom stereocenters. The molecule has 106 valence electrons. The lowest BCUT2D eigenvalue weighted by molar-refractivity contribution is 0.619. The van der Waals surface area contributed by atoms with Crippen LogP contribution in [0.2, 0.25) is 0 Å². The summed E-state index contributed by atoms with van der Waals surface area (Å²) < 4.78 is 13.5. The summed E-state index contributed by atoms with van der Waals surface area (Å²) in [6, 6.07) is 5.62. The molecular weight excluding hydrogens is 273 g/mol. The van der Waals surface area contributed by atoms with Gasteiger partial charge in [-0.15, -0.1) is 11.3 Å². The maximum absolute atomic E-state index is 13.5. The van der Waals surface area contributed by atoms with E-state index in [1.807, 2.05) is 24.0 Å². The van der Waals surface area contributed by atoms with Gasteiger partial charge in [0.15, 0.2) is 0 Å². The molecule has 3 rings (SSSR count). The van der Waals surface area contributed by atoms with Crippen LogP contribution >= 0.6 is 11.3 Å². The second kappa shape index (κ2) is 5.89. The summed E-state index contributed by atoms with van der Waals surface area (Å²) >= 11 is 1.60. The molecule has 1 aliphatic rings. The second-order valence-corrected chi connectivity index (χ2v) is 5.98. The van der Waals surface area contributed by atoms with Gasteiger partial charge in [-0.1, -0.05) is 0 Å². The van der Waals surface area contributed by atoms with Crippen LogP contribution in [0.5, 0.6) is 0 Å². The quantitative estimate of drug-likeness (QED) is 0.886. The summed E-state index contributed by atoms with van der Waals surface area (Å²) in [5, 5.41) is 5.49. The standard InChI is InChI=1S/C15H18FN3S/c1-19(8-14-9-20-10-18-14)15-5-2-12(16)6-11(15)7-17-13-3-4-13/h2,5-6,9-10,13,17H,3-4,7-8H2,1H3. The Morgan fingerprint density at radius 1 is 1.45 bits per heavy atom. The van der Waals surface area contributed by atoms with E-state index in [0.29, 0.717) is 6.04 Å². The van der Waals surface area contributed by atoms with E-state index < -0.39 is 0 Å². The zero-order valence-corrected chi connectivity index (χ0v) is 12.3. The fourth-order valence-corrected chi connectivity index (χ4v) is 2.80. The van der Waals surface area contributed by atoms with E-state index in [2.05, 4.69) is 15.2 Å². The monoisotopic (exact) mass is 291 g/mol. The summed E-state index contributed by atoms with van der Waals surface area (Å²) in [5.74, 6) is -0.177. The molecule has 0 amide bonds. The van der Waals surface area contributed by atoms with E-state index in [-0.39, 0.29) is 5.82 Å². The van der Waals surface area contributed by atoms with Crippen LogP contribution in [0.1, 0.15) is 24.1 Å². The molecule has 5 heteroatoms. The fraction of sp³-hybridized carbons (Fsp3) is 0.400. The summed E-state index contributed by atoms with van der Waals surface area (Å²) in [5.41, 5.74) is 4.95. The number of benzene rings is 1.